The molecule has 74 valence electrons. The van der Waals surface area contributed by atoms with Crippen LogP contribution in [0.2, 0.25) is 0 Å². The fraction of sp³-hybridized carbons (Fsp3) is 0.600. The van der Waals surface area contributed by atoms with Crippen LogP contribution < -0.4 is 5.32 Å². The summed E-state index contributed by atoms with van der Waals surface area (Å²) in [6, 6.07) is 4.61. The summed E-state index contributed by atoms with van der Waals surface area (Å²) < 4.78 is 0. The Hall–Kier alpha value is -0.380. The first-order valence-electron chi connectivity index (χ1n) is 4.57. The Bertz CT molecular complexity index is 257. The lowest BCUT2D eigenvalue weighted by Crippen LogP contribution is -2.26. The van der Waals surface area contributed by atoms with Crippen molar-refractivity contribution in [2.45, 2.75) is 32.9 Å². The zero-order valence-electron chi connectivity index (χ0n) is 8.37. The Labute approximate surface area is 83.6 Å². The molecule has 0 unspecified atom stereocenters. The van der Waals surface area contributed by atoms with Crippen molar-refractivity contribution >= 4 is 11.3 Å². The molecule has 1 heterocycles. The molecule has 2 nitrogen and oxygen atoms in total. The van der Waals surface area contributed by atoms with E-state index in [1.165, 1.54) is 9.75 Å². The van der Waals surface area contributed by atoms with E-state index in [4.69, 9.17) is 5.11 Å². The molecule has 0 fully saturated rings. The minimum Gasteiger partial charge on any atom is -0.392 e. The molecule has 0 amide bonds. The van der Waals surface area contributed by atoms with Crippen LogP contribution in [-0.2, 0) is 0 Å². The average Bonchev–Trinajstić information content (AvgIpc) is 2.47. The van der Waals surface area contributed by atoms with Gasteiger partial charge in [-0.2, -0.15) is 0 Å². The van der Waals surface area contributed by atoms with Gasteiger partial charge in [0.2, 0.25) is 0 Å². The molecule has 0 bridgehead atoms. The number of rotatable bonds is 4. The van der Waals surface area contributed by atoms with Crippen LogP contribution in [0.1, 0.15) is 29.6 Å². The van der Waals surface area contributed by atoms with Gasteiger partial charge in [0, 0.05) is 22.3 Å². The fourth-order valence-electron chi connectivity index (χ4n) is 1.13. The Kier molecular flexibility index (Phi) is 3.90. The summed E-state index contributed by atoms with van der Waals surface area (Å²) in [6.07, 6.45) is -0.275. The Morgan fingerprint density at radius 2 is 2.15 bits per heavy atom. The normalized spacial score (nSPS) is 15.7. The second-order valence-electron chi connectivity index (χ2n) is 3.43. The van der Waals surface area contributed by atoms with Crippen molar-refractivity contribution in [2.75, 3.05) is 6.54 Å². The van der Waals surface area contributed by atoms with Crippen LogP contribution in [0.3, 0.4) is 0 Å². The van der Waals surface area contributed by atoms with E-state index in [0.29, 0.717) is 12.6 Å². The zero-order chi connectivity index (χ0) is 9.84. The number of aryl methyl sites for hydroxylation is 1. The summed E-state index contributed by atoms with van der Waals surface area (Å²) in [5, 5.41) is 12.4. The molecular formula is C10H17NOS. The van der Waals surface area contributed by atoms with Crippen LogP contribution in [0.4, 0.5) is 0 Å². The van der Waals surface area contributed by atoms with Crippen LogP contribution in [0.25, 0.3) is 0 Å². The van der Waals surface area contributed by atoms with Gasteiger partial charge in [-0.3, -0.25) is 0 Å². The van der Waals surface area contributed by atoms with Crippen molar-refractivity contribution in [3.05, 3.63) is 21.9 Å². The van der Waals surface area contributed by atoms with E-state index in [9.17, 15) is 0 Å². The van der Waals surface area contributed by atoms with Crippen molar-refractivity contribution in [3.63, 3.8) is 0 Å². The van der Waals surface area contributed by atoms with E-state index < -0.39 is 0 Å². The van der Waals surface area contributed by atoms with Crippen LogP contribution in [0, 0.1) is 6.92 Å². The summed E-state index contributed by atoms with van der Waals surface area (Å²) in [5.41, 5.74) is 0. The lowest BCUT2D eigenvalue weighted by molar-refractivity contribution is 0.187. The number of hydrogen-bond acceptors (Lipinski definition) is 3. The topological polar surface area (TPSA) is 32.3 Å². The number of hydrogen-bond donors (Lipinski definition) is 2. The third-order valence-electron chi connectivity index (χ3n) is 1.91. The number of nitrogens with one attached hydrogen (secondary N) is 1. The average molecular weight is 199 g/mol. The second kappa shape index (κ2) is 4.74. The molecule has 0 aliphatic carbocycles. The quantitative estimate of drug-likeness (QED) is 0.778. The van der Waals surface area contributed by atoms with E-state index in [1.807, 2.05) is 0 Å². The molecule has 0 saturated heterocycles. The Balaban J connectivity index is 2.44. The SMILES string of the molecule is Cc1ccc([C@@H](C)NC[C@@H](C)O)s1. The van der Waals surface area contributed by atoms with Gasteiger partial charge in [0.1, 0.15) is 0 Å². The summed E-state index contributed by atoms with van der Waals surface area (Å²) in [6.45, 7) is 6.67. The lowest BCUT2D eigenvalue weighted by atomic mass is 10.2. The van der Waals surface area contributed by atoms with Gasteiger partial charge in [-0.25, -0.2) is 0 Å². The first kappa shape index (κ1) is 10.7. The van der Waals surface area contributed by atoms with Crippen LogP contribution >= 0.6 is 11.3 Å². The summed E-state index contributed by atoms with van der Waals surface area (Å²) in [7, 11) is 0. The maximum Gasteiger partial charge on any atom is 0.0636 e. The van der Waals surface area contributed by atoms with Crippen LogP contribution in [0.15, 0.2) is 12.1 Å². The molecule has 1 aromatic rings. The Morgan fingerprint density at radius 3 is 2.62 bits per heavy atom. The smallest absolute Gasteiger partial charge is 0.0636 e. The van der Waals surface area contributed by atoms with E-state index in [0.717, 1.165) is 0 Å². The fourth-order valence-corrected chi connectivity index (χ4v) is 2.04. The first-order chi connectivity index (χ1) is 6.09. The molecule has 2 N–H and O–H groups in total. The predicted octanol–water partition coefficient (Wildman–Crippen LogP) is 2.09. The minimum atomic E-state index is -0.275. The van der Waals surface area contributed by atoms with Gasteiger partial charge in [0.15, 0.2) is 0 Å². The maximum atomic E-state index is 9.09. The predicted molar refractivity (Wildman–Crippen MR) is 57.2 cm³/mol. The van der Waals surface area contributed by atoms with Crippen molar-refractivity contribution < 1.29 is 5.11 Å². The number of aliphatic hydroxyl groups excluding tert-OH is 1. The van der Waals surface area contributed by atoms with E-state index >= 15 is 0 Å². The van der Waals surface area contributed by atoms with Crippen molar-refractivity contribution in [2.24, 2.45) is 0 Å². The summed E-state index contributed by atoms with van der Waals surface area (Å²) in [5.74, 6) is 0. The molecule has 3 heteroatoms. The van der Waals surface area contributed by atoms with E-state index in [-0.39, 0.29) is 6.10 Å². The largest absolute Gasteiger partial charge is 0.392 e. The van der Waals surface area contributed by atoms with Gasteiger partial charge in [-0.15, -0.1) is 11.3 Å². The third-order valence-corrected chi connectivity index (χ3v) is 3.09. The lowest BCUT2D eigenvalue weighted by Gasteiger charge is -2.13. The van der Waals surface area contributed by atoms with Crippen molar-refractivity contribution in [1.82, 2.24) is 5.32 Å². The molecule has 0 saturated carbocycles. The molecule has 0 aromatic carbocycles. The molecule has 1 rings (SSSR count). The second-order valence-corrected chi connectivity index (χ2v) is 4.75. The van der Waals surface area contributed by atoms with Gasteiger partial charge < -0.3 is 10.4 Å². The number of thiophene rings is 1. The highest BCUT2D eigenvalue weighted by atomic mass is 32.1. The molecule has 0 aliphatic heterocycles. The van der Waals surface area contributed by atoms with Gasteiger partial charge in [0.05, 0.1) is 6.10 Å². The van der Waals surface area contributed by atoms with Crippen molar-refractivity contribution in [1.29, 1.82) is 0 Å². The first-order valence-corrected chi connectivity index (χ1v) is 5.39. The standard InChI is InChI=1S/C10H17NOS/c1-7(12)6-11-9(3)10-5-4-8(2)13-10/h4-5,7,9,11-12H,6H2,1-3H3/t7-,9-/m1/s1. The molecule has 13 heavy (non-hydrogen) atoms. The summed E-state index contributed by atoms with van der Waals surface area (Å²) >= 11 is 1.80. The highest BCUT2D eigenvalue weighted by Crippen LogP contribution is 2.21. The maximum absolute atomic E-state index is 9.09. The molecular weight excluding hydrogens is 182 g/mol. The van der Waals surface area contributed by atoms with Gasteiger partial charge in [-0.1, -0.05) is 0 Å². The van der Waals surface area contributed by atoms with Gasteiger partial charge >= 0.3 is 0 Å². The molecule has 0 radical (unpaired) electrons. The highest BCUT2D eigenvalue weighted by molar-refractivity contribution is 7.12. The molecule has 2 atom stereocenters. The molecule has 1 aromatic heterocycles. The van der Waals surface area contributed by atoms with E-state index in [1.54, 1.807) is 18.3 Å². The highest BCUT2D eigenvalue weighted by Gasteiger charge is 2.07. The van der Waals surface area contributed by atoms with Gasteiger partial charge in [-0.05, 0) is 32.9 Å². The van der Waals surface area contributed by atoms with Gasteiger partial charge in [0.25, 0.3) is 0 Å². The van der Waals surface area contributed by atoms with E-state index in [2.05, 4.69) is 31.3 Å². The molecule has 0 aliphatic rings. The van der Waals surface area contributed by atoms with Crippen molar-refractivity contribution in [3.8, 4) is 0 Å². The zero-order valence-corrected chi connectivity index (χ0v) is 9.19. The summed E-state index contributed by atoms with van der Waals surface area (Å²) in [4.78, 5) is 2.67. The Morgan fingerprint density at radius 1 is 1.46 bits per heavy atom. The molecule has 0 spiro atoms. The minimum absolute atomic E-state index is 0.275. The van der Waals surface area contributed by atoms with Crippen LogP contribution in [0.5, 0.6) is 0 Å². The third kappa shape index (κ3) is 3.46. The monoisotopic (exact) mass is 199 g/mol. The van der Waals surface area contributed by atoms with Crippen LogP contribution in [-0.4, -0.2) is 17.8 Å². The number of aliphatic hydroxyl groups is 1.